The Labute approximate surface area is 200 Å². The Kier molecular flexibility index (Phi) is 20.8. The predicted octanol–water partition coefficient (Wildman–Crippen LogP) is 2.55. The van der Waals surface area contributed by atoms with E-state index in [9.17, 15) is 30.3 Å². The van der Waals surface area contributed by atoms with Gasteiger partial charge in [0.05, 0.1) is 6.10 Å². The highest BCUT2D eigenvalue weighted by Gasteiger charge is 2.35. The van der Waals surface area contributed by atoms with Crippen LogP contribution in [0.25, 0.3) is 0 Å². The normalized spacial score (nSPS) is 16.5. The van der Waals surface area contributed by atoms with Crippen LogP contribution in [0.5, 0.6) is 0 Å². The molecule has 0 heterocycles. The minimum atomic E-state index is -1.98. The molecule has 6 N–H and O–H groups in total. The quantitative estimate of drug-likeness (QED) is 0.0608. The highest BCUT2D eigenvalue weighted by molar-refractivity contribution is 5.69. The fourth-order valence-electron chi connectivity index (χ4n) is 3.53. The summed E-state index contributed by atoms with van der Waals surface area (Å²) in [5.74, 6) is -0.684. The van der Waals surface area contributed by atoms with Gasteiger partial charge in [-0.05, 0) is 39.2 Å². The van der Waals surface area contributed by atoms with Gasteiger partial charge >= 0.3 is 5.97 Å². The molecule has 0 saturated carbocycles. The lowest BCUT2D eigenvalue weighted by atomic mass is 10.0. The summed E-state index contributed by atoms with van der Waals surface area (Å²) in [7, 11) is 1.55. The van der Waals surface area contributed by atoms with E-state index in [1.165, 1.54) is 44.9 Å². The number of carbonyl (C=O) groups excluding carboxylic acids is 1. The van der Waals surface area contributed by atoms with E-state index in [0.29, 0.717) is 6.42 Å². The van der Waals surface area contributed by atoms with Crippen molar-refractivity contribution in [2.45, 2.75) is 128 Å². The summed E-state index contributed by atoms with van der Waals surface area (Å²) in [4.78, 5) is 11.8. The molecular formula is C25H49NO7. The van der Waals surface area contributed by atoms with Crippen molar-refractivity contribution in [2.75, 3.05) is 13.6 Å². The van der Waals surface area contributed by atoms with Crippen LogP contribution in [0, 0.1) is 0 Å². The second-order valence-electron chi connectivity index (χ2n) is 8.81. The molecule has 0 aromatic heterocycles. The third-order valence-corrected chi connectivity index (χ3v) is 5.69. The summed E-state index contributed by atoms with van der Waals surface area (Å²) >= 11 is 0. The largest absolute Gasteiger partial charge is 0.433 e. The number of carbonyl (C=O) groups is 1. The first-order valence-corrected chi connectivity index (χ1v) is 12.7. The molecule has 0 spiro atoms. The number of ether oxygens (including phenoxy) is 1. The Bertz CT molecular complexity index is 489. The molecule has 33 heavy (non-hydrogen) atoms. The molecule has 0 aromatic carbocycles. The Morgan fingerprint density at radius 1 is 0.758 bits per heavy atom. The Morgan fingerprint density at radius 3 is 1.82 bits per heavy atom. The zero-order valence-corrected chi connectivity index (χ0v) is 20.7. The second-order valence-corrected chi connectivity index (χ2v) is 8.81. The maximum absolute atomic E-state index is 11.8. The van der Waals surface area contributed by atoms with Crippen molar-refractivity contribution in [3.05, 3.63) is 12.2 Å². The van der Waals surface area contributed by atoms with Crippen molar-refractivity contribution in [3.63, 3.8) is 0 Å². The molecule has 0 amide bonds. The number of aliphatic hydroxyl groups excluding tert-OH is 5. The van der Waals surface area contributed by atoms with Crippen LogP contribution in [0.15, 0.2) is 12.2 Å². The zero-order valence-electron chi connectivity index (χ0n) is 20.7. The lowest BCUT2D eigenvalue weighted by Gasteiger charge is -2.28. The van der Waals surface area contributed by atoms with E-state index >= 15 is 0 Å². The van der Waals surface area contributed by atoms with Crippen molar-refractivity contribution >= 4 is 5.97 Å². The van der Waals surface area contributed by atoms with E-state index < -0.39 is 36.7 Å². The molecule has 5 unspecified atom stereocenters. The fraction of sp³-hybridized carbons (Fsp3) is 0.880. The van der Waals surface area contributed by atoms with Crippen LogP contribution in [-0.2, 0) is 9.53 Å². The first kappa shape index (κ1) is 32.0. The molecule has 5 atom stereocenters. The van der Waals surface area contributed by atoms with Crippen molar-refractivity contribution in [3.8, 4) is 0 Å². The number of unbranched alkanes of at least 4 members (excludes halogenated alkanes) is 11. The van der Waals surface area contributed by atoms with Crippen LogP contribution < -0.4 is 5.32 Å². The average Bonchev–Trinajstić information content (AvgIpc) is 2.80. The van der Waals surface area contributed by atoms with Crippen molar-refractivity contribution < 1.29 is 35.1 Å². The van der Waals surface area contributed by atoms with Gasteiger partial charge < -0.3 is 35.6 Å². The van der Waals surface area contributed by atoms with Crippen LogP contribution >= 0.6 is 0 Å². The number of rotatable bonds is 22. The number of aliphatic hydroxyl groups is 5. The topological polar surface area (TPSA) is 139 Å². The van der Waals surface area contributed by atoms with Gasteiger partial charge in [-0.25, -0.2) is 0 Å². The summed E-state index contributed by atoms with van der Waals surface area (Å²) in [5, 5.41) is 51.5. The molecule has 0 rings (SSSR count). The number of hydrogen-bond donors (Lipinski definition) is 6. The van der Waals surface area contributed by atoms with E-state index in [0.717, 1.165) is 32.1 Å². The monoisotopic (exact) mass is 475 g/mol. The third kappa shape index (κ3) is 17.1. The van der Waals surface area contributed by atoms with E-state index in [4.69, 9.17) is 4.74 Å². The Balaban J connectivity index is 3.74. The lowest BCUT2D eigenvalue weighted by molar-refractivity contribution is -0.212. The molecule has 0 aromatic rings. The number of hydrogen-bond acceptors (Lipinski definition) is 8. The van der Waals surface area contributed by atoms with Crippen LogP contribution in [0.3, 0.4) is 0 Å². The van der Waals surface area contributed by atoms with Crippen LogP contribution in [-0.4, -0.2) is 75.8 Å². The van der Waals surface area contributed by atoms with E-state index in [1.54, 1.807) is 7.05 Å². The average molecular weight is 476 g/mol. The summed E-state index contributed by atoms with van der Waals surface area (Å²) < 4.78 is 4.73. The Hall–Kier alpha value is -1.03. The van der Waals surface area contributed by atoms with Gasteiger partial charge in [0.1, 0.15) is 18.3 Å². The van der Waals surface area contributed by atoms with Gasteiger partial charge in [0.25, 0.3) is 0 Å². The van der Waals surface area contributed by atoms with Crippen molar-refractivity contribution in [1.82, 2.24) is 5.32 Å². The van der Waals surface area contributed by atoms with Crippen molar-refractivity contribution in [2.24, 2.45) is 0 Å². The first-order valence-electron chi connectivity index (χ1n) is 12.7. The van der Waals surface area contributed by atoms with Crippen molar-refractivity contribution in [1.29, 1.82) is 0 Å². The van der Waals surface area contributed by atoms with Crippen LogP contribution in [0.1, 0.15) is 96.8 Å². The molecule has 0 saturated heterocycles. The van der Waals surface area contributed by atoms with Gasteiger partial charge in [-0.15, -0.1) is 0 Å². The van der Waals surface area contributed by atoms with Gasteiger partial charge in [-0.2, -0.15) is 0 Å². The number of likely N-dealkylation sites (N-methyl/N-ethyl adjacent to an activating group) is 1. The summed E-state index contributed by atoms with van der Waals surface area (Å²) in [6, 6.07) is 0. The van der Waals surface area contributed by atoms with Gasteiger partial charge in [0.15, 0.2) is 0 Å². The molecule has 0 radical (unpaired) electrons. The molecule has 0 aliphatic carbocycles. The SMILES string of the molecule is CCCCCCCC/C=C\CCCCCCCC(=O)OC(O)C(O)C(O)C(O)C(O)CNC. The predicted molar refractivity (Wildman–Crippen MR) is 130 cm³/mol. The van der Waals surface area contributed by atoms with Gasteiger partial charge in [-0.1, -0.05) is 70.4 Å². The molecule has 8 heteroatoms. The minimum Gasteiger partial charge on any atom is -0.433 e. The molecule has 0 aliphatic heterocycles. The molecule has 196 valence electrons. The maximum atomic E-state index is 11.8. The van der Waals surface area contributed by atoms with Gasteiger partial charge in [0.2, 0.25) is 6.29 Å². The fourth-order valence-corrected chi connectivity index (χ4v) is 3.53. The van der Waals surface area contributed by atoms with Crippen LogP contribution in [0.2, 0.25) is 0 Å². The van der Waals surface area contributed by atoms with Crippen LogP contribution in [0.4, 0.5) is 0 Å². The highest BCUT2D eigenvalue weighted by atomic mass is 16.6. The standard InChI is InChI=1S/C25H49NO7/c1-3-4-5-6-7-8-9-10-11-12-13-14-15-16-17-18-21(28)33-25(32)24(31)23(30)22(29)20(27)19-26-2/h10-11,20,22-27,29-32H,3-9,12-19H2,1-2H3/b11-10-. The minimum absolute atomic E-state index is 0.0175. The highest BCUT2D eigenvalue weighted by Crippen LogP contribution is 2.13. The Morgan fingerprint density at radius 2 is 1.27 bits per heavy atom. The van der Waals surface area contributed by atoms with Gasteiger partial charge in [0, 0.05) is 13.0 Å². The van der Waals surface area contributed by atoms with E-state index in [-0.39, 0.29) is 13.0 Å². The maximum Gasteiger partial charge on any atom is 0.308 e. The summed E-state index contributed by atoms with van der Waals surface area (Å²) in [5.41, 5.74) is 0. The lowest BCUT2D eigenvalue weighted by Crippen LogP contribution is -2.52. The van der Waals surface area contributed by atoms with E-state index in [2.05, 4.69) is 24.4 Å². The molecule has 8 nitrogen and oxygen atoms in total. The molecule has 0 aliphatic rings. The number of esters is 1. The molecular weight excluding hydrogens is 426 g/mol. The summed E-state index contributed by atoms with van der Waals surface area (Å²) in [6.45, 7) is 2.22. The first-order chi connectivity index (χ1) is 15.8. The summed E-state index contributed by atoms with van der Waals surface area (Å²) in [6.07, 6.45) is 10.7. The molecule has 0 fully saturated rings. The van der Waals surface area contributed by atoms with Gasteiger partial charge in [-0.3, -0.25) is 4.79 Å². The number of nitrogens with one attached hydrogen (secondary N) is 1. The third-order valence-electron chi connectivity index (χ3n) is 5.69. The zero-order chi connectivity index (χ0) is 24.9. The smallest absolute Gasteiger partial charge is 0.308 e. The number of allylic oxidation sites excluding steroid dienone is 2. The second kappa shape index (κ2) is 21.5. The van der Waals surface area contributed by atoms with E-state index in [1.807, 2.05) is 0 Å². The molecule has 0 bridgehead atoms.